The number of alkyl carbamates (subject to hydrolysis) is 1. The van der Waals surface area contributed by atoms with Crippen molar-refractivity contribution in [1.29, 1.82) is 0 Å². The van der Waals surface area contributed by atoms with Crippen LogP contribution in [0, 0.1) is 0 Å². The number of rotatable bonds is 9. The molecular formula is C51H43Cl2N5O16. The molecule has 3 heterocycles. The number of methoxy groups -OCH3 is 1. The maximum atomic E-state index is 14.6. The molecule has 4 amide bonds. The first-order chi connectivity index (χ1) is 35.3. The quantitative estimate of drug-likeness (QED) is 0.0771. The first-order valence-corrected chi connectivity index (χ1v) is 22.9. The van der Waals surface area contributed by atoms with E-state index in [0.717, 1.165) is 25.3 Å². The Morgan fingerprint density at radius 1 is 0.743 bits per heavy atom. The van der Waals surface area contributed by atoms with Crippen LogP contribution in [0.25, 0.3) is 11.1 Å². The Morgan fingerprint density at radius 2 is 1.49 bits per heavy atom. The fraction of sp³-hybridized carbons (Fsp3) is 0.176. The Balaban J connectivity index is 1.17. The lowest BCUT2D eigenvalue weighted by Crippen LogP contribution is -2.54. The van der Waals surface area contributed by atoms with Crippen LogP contribution < -0.4 is 36.5 Å². The molecule has 0 unspecified atom stereocenters. The van der Waals surface area contributed by atoms with Crippen molar-refractivity contribution >= 4 is 59.0 Å². The number of nitrogens with one attached hydrogen (secondary N) is 4. The molecule has 0 aromatic heterocycles. The van der Waals surface area contributed by atoms with Gasteiger partial charge in [0.25, 0.3) is 0 Å². The average Bonchev–Trinajstić information content (AvgIpc) is 3.37. The molecule has 0 saturated carbocycles. The van der Waals surface area contributed by atoms with E-state index in [2.05, 4.69) is 21.3 Å². The molecule has 0 aliphatic carbocycles. The highest BCUT2D eigenvalue weighted by atomic mass is 35.5. The molecule has 6 aromatic rings. The zero-order chi connectivity index (χ0) is 53.1. The number of ether oxygens (including phenoxy) is 4. The summed E-state index contributed by atoms with van der Waals surface area (Å²) in [5.41, 5.74) is 6.48. The number of amides is 4. The third-order valence-electron chi connectivity index (χ3n) is 11.9. The standard InChI is InChI=1S/C51H43Cl2N5O16/c1-71-50(69)42-29-19-27(59)20-34(61)39(29)28-15-24(8-10-33(28)60)41-47(65)58-43(48(66)57-42)44(62)25-9-12-36(31(53)16-25)74-38-18-26(40(54)46(64)56-41)17-37(45(38)63)73-35-11-7-23(13-30(35)52)14-32(49(67)68)55-51(70)72-21-22-5-3-2-4-6-22/h2-13,15-20,32,40-44,59-63H,14,21,54H2,1H3,(H,55,70)(H,56,64)(H,57,66)(H,58,65)(H,67,68)/t32-,40-,41-,42+,43+,44-/m1/s1. The zero-order valence-electron chi connectivity index (χ0n) is 38.4. The highest BCUT2D eigenvalue weighted by molar-refractivity contribution is 6.32. The van der Waals surface area contributed by atoms with Crippen LogP contribution in [0.4, 0.5) is 4.79 Å². The van der Waals surface area contributed by atoms with E-state index in [9.17, 15) is 59.4 Å². The second-order valence-electron chi connectivity index (χ2n) is 16.8. The van der Waals surface area contributed by atoms with Crippen molar-refractivity contribution in [1.82, 2.24) is 21.3 Å². The van der Waals surface area contributed by atoms with Crippen LogP contribution in [0.3, 0.4) is 0 Å². The number of carboxylic acids is 1. The minimum atomic E-state index is -1.99. The third-order valence-corrected chi connectivity index (χ3v) is 12.5. The molecule has 382 valence electrons. The van der Waals surface area contributed by atoms with E-state index in [4.69, 9.17) is 47.9 Å². The molecule has 23 heteroatoms. The summed E-state index contributed by atoms with van der Waals surface area (Å²) >= 11 is 13.3. The summed E-state index contributed by atoms with van der Waals surface area (Å²) in [6.45, 7) is -0.102. The van der Waals surface area contributed by atoms with Gasteiger partial charge in [0.05, 0.1) is 17.2 Å². The van der Waals surface area contributed by atoms with Crippen molar-refractivity contribution in [2.75, 3.05) is 7.11 Å². The number of carbonyl (C=O) groups excluding carboxylic acids is 5. The summed E-state index contributed by atoms with van der Waals surface area (Å²) in [6.07, 6.45) is -3.20. The van der Waals surface area contributed by atoms with Crippen LogP contribution in [-0.2, 0) is 46.5 Å². The van der Waals surface area contributed by atoms with E-state index in [1.54, 1.807) is 30.3 Å². The molecule has 0 radical (unpaired) electrons. The first kappa shape index (κ1) is 51.6. The Bertz CT molecular complexity index is 3230. The van der Waals surface area contributed by atoms with Crippen molar-refractivity contribution in [3.8, 4) is 57.1 Å². The SMILES string of the molecule is COC(=O)[C@H]1NC(=O)[C@H]2NC(=O)[C@H](NC(=O)[C@H](N)c3cc(Oc4ccc(C[C@@H](NC(=O)OCc5ccccc5)C(=O)O)cc4Cl)c(O)c(c3)Oc3ccc(cc3Cl)[C@H]2O)c2ccc(O)c(c2)-c2c(O)cc(O)cc21. The molecule has 0 spiro atoms. The molecular weight excluding hydrogens is 1010 g/mol. The number of carbonyl (C=O) groups is 6. The first-order valence-electron chi connectivity index (χ1n) is 22.1. The number of carboxylic acid groups (broad SMARTS) is 1. The lowest BCUT2D eigenvalue weighted by Gasteiger charge is -2.30. The molecule has 8 bridgehead atoms. The number of aliphatic hydroxyl groups is 1. The van der Waals surface area contributed by atoms with Gasteiger partial charge in [-0.2, -0.15) is 0 Å². The summed E-state index contributed by atoms with van der Waals surface area (Å²) in [7, 11) is 0.994. The van der Waals surface area contributed by atoms with Gasteiger partial charge >= 0.3 is 18.0 Å². The molecule has 0 saturated heterocycles. The fourth-order valence-electron chi connectivity index (χ4n) is 8.16. The Morgan fingerprint density at radius 3 is 2.19 bits per heavy atom. The zero-order valence-corrected chi connectivity index (χ0v) is 39.9. The molecule has 9 rings (SSSR count). The van der Waals surface area contributed by atoms with Crippen molar-refractivity contribution < 1.29 is 78.4 Å². The minimum absolute atomic E-state index is 0.0958. The van der Waals surface area contributed by atoms with Gasteiger partial charge < -0.3 is 76.6 Å². The molecule has 21 nitrogen and oxygen atoms in total. The van der Waals surface area contributed by atoms with Gasteiger partial charge in [-0.1, -0.05) is 71.7 Å². The number of nitrogens with two attached hydrogens (primary N) is 1. The lowest BCUT2D eigenvalue weighted by molar-refractivity contribution is -0.146. The van der Waals surface area contributed by atoms with Crippen molar-refractivity contribution in [2.24, 2.45) is 5.73 Å². The molecule has 6 aromatic carbocycles. The van der Waals surface area contributed by atoms with Gasteiger partial charge in [-0.15, -0.1) is 0 Å². The maximum absolute atomic E-state index is 14.6. The largest absolute Gasteiger partial charge is 0.508 e. The van der Waals surface area contributed by atoms with Crippen molar-refractivity contribution in [2.45, 2.75) is 49.3 Å². The van der Waals surface area contributed by atoms with Crippen LogP contribution >= 0.6 is 23.2 Å². The third kappa shape index (κ3) is 11.0. The number of benzene rings is 6. The minimum Gasteiger partial charge on any atom is -0.508 e. The number of fused-ring (bicyclic) bond motifs is 8. The van der Waals surface area contributed by atoms with Gasteiger partial charge in [0.1, 0.15) is 65.6 Å². The molecule has 6 atom stereocenters. The monoisotopic (exact) mass is 1050 g/mol. The Kier molecular flexibility index (Phi) is 15.0. The van der Waals surface area contributed by atoms with Gasteiger partial charge in [0.15, 0.2) is 17.5 Å². The smallest absolute Gasteiger partial charge is 0.408 e. The summed E-state index contributed by atoms with van der Waals surface area (Å²) in [6, 6.07) is 15.5. The number of halogens is 2. The predicted molar refractivity (Wildman–Crippen MR) is 261 cm³/mol. The van der Waals surface area contributed by atoms with E-state index in [-0.39, 0.29) is 79.5 Å². The van der Waals surface area contributed by atoms with Crippen LogP contribution in [-0.4, -0.2) is 85.6 Å². The van der Waals surface area contributed by atoms with Crippen LogP contribution in [0.5, 0.6) is 46.0 Å². The lowest BCUT2D eigenvalue weighted by atomic mass is 9.89. The molecule has 0 fully saturated rings. The summed E-state index contributed by atoms with van der Waals surface area (Å²) in [5.74, 6) is -9.42. The van der Waals surface area contributed by atoms with Crippen molar-refractivity contribution in [3.05, 3.63) is 153 Å². The normalized spacial score (nSPS) is 18.7. The number of aliphatic carboxylic acids is 1. The highest BCUT2D eigenvalue weighted by Gasteiger charge is 2.39. The predicted octanol–water partition coefficient (Wildman–Crippen LogP) is 5.72. The van der Waals surface area contributed by atoms with Crippen LogP contribution in [0.2, 0.25) is 10.0 Å². The summed E-state index contributed by atoms with van der Waals surface area (Å²) < 4.78 is 22.3. The Labute approximate surface area is 429 Å². The van der Waals surface area contributed by atoms with Gasteiger partial charge in [-0.3, -0.25) is 14.4 Å². The maximum Gasteiger partial charge on any atom is 0.408 e. The van der Waals surface area contributed by atoms with Crippen LogP contribution in [0.15, 0.2) is 109 Å². The second kappa shape index (κ2) is 21.5. The molecule has 12 N–H and O–H groups in total. The van der Waals surface area contributed by atoms with Gasteiger partial charge in [-0.25, -0.2) is 14.4 Å². The van der Waals surface area contributed by atoms with Crippen LogP contribution in [0.1, 0.15) is 57.6 Å². The number of aromatic hydroxyl groups is 4. The van der Waals surface area contributed by atoms with E-state index >= 15 is 0 Å². The molecule has 3 aliphatic heterocycles. The number of phenolic OH excluding ortho intramolecular Hbond substituents is 4. The number of hydrogen-bond donors (Lipinski definition) is 11. The molecule has 74 heavy (non-hydrogen) atoms. The highest BCUT2D eigenvalue weighted by Crippen LogP contribution is 2.47. The molecule has 3 aliphatic rings. The van der Waals surface area contributed by atoms with E-state index < -0.39 is 95.1 Å². The van der Waals surface area contributed by atoms with Gasteiger partial charge in [-0.05, 0) is 82.4 Å². The van der Waals surface area contributed by atoms with Gasteiger partial charge in [0, 0.05) is 29.2 Å². The van der Waals surface area contributed by atoms with Gasteiger partial charge in [0.2, 0.25) is 23.5 Å². The van der Waals surface area contributed by atoms with E-state index in [1.165, 1.54) is 60.7 Å². The Hall–Kier alpha value is -8.76. The van der Waals surface area contributed by atoms with E-state index in [0.29, 0.717) is 11.1 Å². The number of esters is 1. The average molecular weight is 1050 g/mol. The fourth-order valence-corrected chi connectivity index (χ4v) is 8.63. The summed E-state index contributed by atoms with van der Waals surface area (Å²) in [5, 5.41) is 75.9. The van der Waals surface area contributed by atoms with Crippen molar-refractivity contribution in [3.63, 3.8) is 0 Å². The summed E-state index contributed by atoms with van der Waals surface area (Å²) in [4.78, 5) is 81.4. The number of hydrogen-bond acceptors (Lipinski definition) is 16. The van der Waals surface area contributed by atoms with E-state index in [1.807, 2.05) is 0 Å². The number of phenols is 4. The second-order valence-corrected chi connectivity index (χ2v) is 17.7. The number of aliphatic hydroxyl groups excluding tert-OH is 1. The topological polar surface area (TPSA) is 335 Å².